The smallest absolute Gasteiger partial charge is 0.335 e. The fourth-order valence-corrected chi connectivity index (χ4v) is 2.48. The van der Waals surface area contributed by atoms with Crippen molar-refractivity contribution in [2.24, 2.45) is 0 Å². The van der Waals surface area contributed by atoms with Crippen molar-refractivity contribution in [3.05, 3.63) is 33.3 Å². The third-order valence-corrected chi connectivity index (χ3v) is 3.58. The Kier molecular flexibility index (Phi) is 4.39. The summed E-state index contributed by atoms with van der Waals surface area (Å²) in [4.78, 5) is 11.2. The van der Waals surface area contributed by atoms with E-state index in [0.717, 1.165) is 6.08 Å². The number of fused-ring (bicyclic) bond motifs is 1. The molecular weight excluding hydrogens is 332 g/mol. The molecule has 1 unspecified atom stereocenters. The second-order valence-electron chi connectivity index (χ2n) is 4.50. The van der Waals surface area contributed by atoms with Gasteiger partial charge >= 0.3 is 5.97 Å². The minimum Gasteiger partial charge on any atom is -0.481 e. The van der Waals surface area contributed by atoms with E-state index in [1.807, 2.05) is 0 Å². The van der Waals surface area contributed by atoms with Crippen LogP contribution in [0, 0.1) is 0 Å². The van der Waals surface area contributed by atoms with Crippen molar-refractivity contribution in [1.82, 2.24) is 0 Å². The van der Waals surface area contributed by atoms with E-state index in [4.69, 9.17) is 33.0 Å². The molecule has 3 nitrogen and oxygen atoms in total. The Labute approximate surface area is 127 Å². The van der Waals surface area contributed by atoms with Crippen LogP contribution in [-0.4, -0.2) is 36.2 Å². The summed E-state index contributed by atoms with van der Waals surface area (Å²) < 4.78 is 45.0. The molecule has 1 aliphatic heterocycles. The van der Waals surface area contributed by atoms with Gasteiger partial charge in [-0.2, -0.15) is 0 Å². The summed E-state index contributed by atoms with van der Waals surface area (Å²) in [5.41, 5.74) is -3.56. The Bertz CT molecular complexity index is 615. The molecule has 1 atom stereocenters. The van der Waals surface area contributed by atoms with Crippen LogP contribution in [0.2, 0.25) is 10.0 Å². The number of benzene rings is 1. The van der Waals surface area contributed by atoms with Crippen molar-refractivity contribution in [2.45, 2.75) is 11.8 Å². The first-order valence-corrected chi connectivity index (χ1v) is 6.49. The normalized spacial score (nSPS) is 17.8. The number of carbonyl (C=O) groups is 1. The van der Waals surface area contributed by atoms with Gasteiger partial charge in [-0.15, -0.1) is 0 Å². The summed E-state index contributed by atoms with van der Waals surface area (Å²) in [6.07, 6.45) is -0.906. The quantitative estimate of drug-likeness (QED) is 0.904. The van der Waals surface area contributed by atoms with Gasteiger partial charge in [0.2, 0.25) is 5.67 Å². The molecule has 0 aliphatic carbocycles. The average molecular weight is 341 g/mol. The SMILES string of the molecule is O=C(O)C1=Cc2c(Cl)cc(Cl)cc2OC1C(F)(CF)CF. The van der Waals surface area contributed by atoms with Crippen LogP contribution in [0.15, 0.2) is 17.7 Å². The highest BCUT2D eigenvalue weighted by Crippen LogP contribution is 2.41. The second kappa shape index (κ2) is 5.77. The van der Waals surface area contributed by atoms with Crippen molar-refractivity contribution in [2.75, 3.05) is 13.3 Å². The highest BCUT2D eigenvalue weighted by molar-refractivity contribution is 6.36. The predicted octanol–water partition coefficient (Wildman–Crippen LogP) is 3.87. The molecule has 0 bridgehead atoms. The topological polar surface area (TPSA) is 46.5 Å². The number of aliphatic carboxylic acids is 1. The number of halogens is 5. The largest absolute Gasteiger partial charge is 0.481 e. The molecule has 0 saturated heterocycles. The zero-order chi connectivity index (χ0) is 15.8. The molecule has 0 radical (unpaired) electrons. The van der Waals surface area contributed by atoms with Crippen LogP contribution < -0.4 is 4.74 Å². The molecule has 1 heterocycles. The Morgan fingerprint density at radius 2 is 1.95 bits per heavy atom. The molecule has 1 aromatic rings. The van der Waals surface area contributed by atoms with Crippen molar-refractivity contribution in [1.29, 1.82) is 0 Å². The van der Waals surface area contributed by atoms with E-state index >= 15 is 0 Å². The zero-order valence-electron chi connectivity index (χ0n) is 10.4. The molecule has 0 aromatic heterocycles. The number of alkyl halides is 3. The van der Waals surface area contributed by atoms with Gasteiger partial charge in [0.05, 0.1) is 10.6 Å². The number of hydrogen-bond acceptors (Lipinski definition) is 2. The lowest BCUT2D eigenvalue weighted by molar-refractivity contribution is -0.135. The van der Waals surface area contributed by atoms with E-state index in [0.29, 0.717) is 0 Å². The number of ether oxygens (including phenoxy) is 1. The zero-order valence-corrected chi connectivity index (χ0v) is 11.9. The fourth-order valence-electron chi connectivity index (χ4n) is 1.95. The van der Waals surface area contributed by atoms with E-state index < -0.39 is 36.7 Å². The maximum Gasteiger partial charge on any atom is 0.335 e. The van der Waals surface area contributed by atoms with Crippen LogP contribution in [0.4, 0.5) is 13.2 Å². The van der Waals surface area contributed by atoms with Crippen LogP contribution >= 0.6 is 23.2 Å². The summed E-state index contributed by atoms with van der Waals surface area (Å²) in [5, 5.41) is 9.35. The minimum atomic E-state index is -3.10. The van der Waals surface area contributed by atoms with Gasteiger partial charge in [0.1, 0.15) is 19.1 Å². The van der Waals surface area contributed by atoms with Gasteiger partial charge in [-0.25, -0.2) is 18.0 Å². The maximum atomic E-state index is 14.2. The Balaban J connectivity index is 2.60. The van der Waals surface area contributed by atoms with Gasteiger partial charge < -0.3 is 9.84 Å². The molecule has 0 saturated carbocycles. The van der Waals surface area contributed by atoms with Gasteiger partial charge in [0.25, 0.3) is 0 Å². The lowest BCUT2D eigenvalue weighted by Crippen LogP contribution is -2.49. The molecule has 0 amide bonds. The van der Waals surface area contributed by atoms with Crippen LogP contribution in [0.25, 0.3) is 6.08 Å². The molecule has 0 fully saturated rings. The van der Waals surface area contributed by atoms with Gasteiger partial charge in [0.15, 0.2) is 6.10 Å². The monoisotopic (exact) mass is 340 g/mol. The Morgan fingerprint density at radius 1 is 1.33 bits per heavy atom. The van der Waals surface area contributed by atoms with E-state index in [1.165, 1.54) is 12.1 Å². The van der Waals surface area contributed by atoms with Gasteiger partial charge in [-0.05, 0) is 18.2 Å². The Morgan fingerprint density at radius 3 is 2.48 bits per heavy atom. The summed E-state index contributed by atoms with van der Waals surface area (Å²) in [6.45, 7) is -3.47. The highest BCUT2D eigenvalue weighted by Gasteiger charge is 2.48. The van der Waals surface area contributed by atoms with Crippen molar-refractivity contribution >= 4 is 35.2 Å². The van der Waals surface area contributed by atoms with Crippen LogP contribution in [0.1, 0.15) is 5.56 Å². The molecule has 1 aromatic carbocycles. The third-order valence-electron chi connectivity index (χ3n) is 3.04. The highest BCUT2D eigenvalue weighted by atomic mass is 35.5. The second-order valence-corrected chi connectivity index (χ2v) is 5.35. The molecule has 1 aliphatic rings. The summed E-state index contributed by atoms with van der Waals surface area (Å²) in [6, 6.07) is 2.61. The summed E-state index contributed by atoms with van der Waals surface area (Å²) >= 11 is 11.7. The van der Waals surface area contributed by atoms with E-state index in [1.54, 1.807) is 0 Å². The van der Waals surface area contributed by atoms with E-state index in [2.05, 4.69) is 0 Å². The van der Waals surface area contributed by atoms with E-state index in [9.17, 15) is 18.0 Å². The van der Waals surface area contributed by atoms with Gasteiger partial charge in [-0.1, -0.05) is 23.2 Å². The summed E-state index contributed by atoms with van der Waals surface area (Å²) in [5.74, 6) is -1.59. The average Bonchev–Trinajstić information content (AvgIpc) is 2.44. The lowest BCUT2D eigenvalue weighted by Gasteiger charge is -2.33. The van der Waals surface area contributed by atoms with Gasteiger partial charge in [-0.3, -0.25) is 0 Å². The first-order chi connectivity index (χ1) is 9.82. The van der Waals surface area contributed by atoms with E-state index in [-0.39, 0.29) is 21.4 Å². The van der Waals surface area contributed by atoms with Crippen molar-refractivity contribution in [3.8, 4) is 5.75 Å². The van der Waals surface area contributed by atoms with Crippen LogP contribution in [0.5, 0.6) is 5.75 Å². The molecule has 114 valence electrons. The molecule has 8 heteroatoms. The van der Waals surface area contributed by atoms with Gasteiger partial charge in [0, 0.05) is 10.6 Å². The third kappa shape index (κ3) is 2.82. The first kappa shape index (κ1) is 16.0. The summed E-state index contributed by atoms with van der Waals surface area (Å²) in [7, 11) is 0. The number of hydrogen-bond donors (Lipinski definition) is 1. The lowest BCUT2D eigenvalue weighted by atomic mass is 9.91. The predicted molar refractivity (Wildman–Crippen MR) is 72.3 cm³/mol. The first-order valence-electron chi connectivity index (χ1n) is 5.74. The van der Waals surface area contributed by atoms with Crippen molar-refractivity contribution < 1.29 is 27.8 Å². The minimum absolute atomic E-state index is 0.0357. The molecule has 2 rings (SSSR count). The number of carboxylic acids is 1. The fraction of sp³-hybridized carbons (Fsp3) is 0.308. The molecular formula is C13H9Cl2F3O3. The number of rotatable bonds is 4. The molecule has 21 heavy (non-hydrogen) atoms. The van der Waals surface area contributed by atoms with Crippen molar-refractivity contribution in [3.63, 3.8) is 0 Å². The maximum absolute atomic E-state index is 14.2. The molecule has 1 N–H and O–H groups in total. The Hall–Kier alpha value is -1.40. The molecule has 0 spiro atoms. The number of carboxylic acid groups (broad SMARTS) is 1. The van der Waals surface area contributed by atoms with Crippen LogP contribution in [0.3, 0.4) is 0 Å². The standard InChI is InChI=1S/C13H9Cl2F3O3/c14-6-1-9(15)7-3-8(12(19)20)11(21-10(7)2-6)13(18,4-16)5-17/h1-3,11H,4-5H2,(H,19,20). The van der Waals surface area contributed by atoms with Crippen LogP contribution in [-0.2, 0) is 4.79 Å².